The molecule has 0 atom stereocenters. The largest absolute Gasteiger partial charge is 0.0847 e. The average Bonchev–Trinajstić information content (AvgIpc) is 2.15. The smallest absolute Gasteiger partial charge is 0.0104 e. The molecular formula is C15H24. The molecule has 0 saturated carbocycles. The molecule has 0 aromatic rings. The van der Waals surface area contributed by atoms with Crippen molar-refractivity contribution >= 4 is 0 Å². The molecule has 0 aliphatic heterocycles. The van der Waals surface area contributed by atoms with Crippen molar-refractivity contribution in [3.05, 3.63) is 34.9 Å². The summed E-state index contributed by atoms with van der Waals surface area (Å²) in [6.07, 6.45) is 10.7. The van der Waals surface area contributed by atoms with Gasteiger partial charge in [-0.25, -0.2) is 0 Å². The van der Waals surface area contributed by atoms with Gasteiger partial charge in [-0.3, -0.25) is 0 Å². The lowest BCUT2D eigenvalue weighted by atomic mass is 9.72. The van der Waals surface area contributed by atoms with Crippen LogP contribution in [-0.4, -0.2) is 0 Å². The van der Waals surface area contributed by atoms with Gasteiger partial charge in [0.1, 0.15) is 0 Å². The summed E-state index contributed by atoms with van der Waals surface area (Å²) >= 11 is 0. The maximum absolute atomic E-state index is 2.36. The van der Waals surface area contributed by atoms with Crippen LogP contribution in [0.1, 0.15) is 53.9 Å². The van der Waals surface area contributed by atoms with Crippen molar-refractivity contribution < 1.29 is 0 Å². The molecule has 0 heteroatoms. The maximum Gasteiger partial charge on any atom is -0.0104 e. The molecule has 0 spiro atoms. The zero-order valence-electron chi connectivity index (χ0n) is 10.9. The SMILES string of the molecule is C/C=C(C)/C=C/C1=C(C)CCCC1(C)C. The molecule has 0 saturated heterocycles. The van der Waals surface area contributed by atoms with E-state index >= 15 is 0 Å². The van der Waals surface area contributed by atoms with E-state index in [0.29, 0.717) is 5.41 Å². The Balaban J connectivity index is 2.95. The third kappa shape index (κ3) is 3.09. The number of hydrogen-bond acceptors (Lipinski definition) is 0. The van der Waals surface area contributed by atoms with Crippen LogP contribution in [0.25, 0.3) is 0 Å². The van der Waals surface area contributed by atoms with E-state index in [9.17, 15) is 0 Å². The summed E-state index contributed by atoms with van der Waals surface area (Å²) in [6.45, 7) is 11.3. The van der Waals surface area contributed by atoms with Crippen LogP contribution in [0.2, 0.25) is 0 Å². The minimum Gasteiger partial charge on any atom is -0.0847 e. The maximum atomic E-state index is 2.36. The van der Waals surface area contributed by atoms with Crippen molar-refractivity contribution in [2.24, 2.45) is 5.41 Å². The van der Waals surface area contributed by atoms with Gasteiger partial charge in [0, 0.05) is 0 Å². The predicted octanol–water partition coefficient (Wildman–Crippen LogP) is 5.04. The molecule has 15 heavy (non-hydrogen) atoms. The van der Waals surface area contributed by atoms with Crippen LogP contribution in [-0.2, 0) is 0 Å². The fourth-order valence-electron chi connectivity index (χ4n) is 2.32. The molecule has 0 N–H and O–H groups in total. The third-order valence-electron chi connectivity index (χ3n) is 3.51. The standard InChI is InChI=1S/C15H24/c1-6-12(2)9-10-14-13(3)8-7-11-15(14,4)5/h6,9-10H,7-8,11H2,1-5H3/b10-9+,12-6+. The van der Waals surface area contributed by atoms with E-state index in [1.54, 1.807) is 11.1 Å². The quantitative estimate of drug-likeness (QED) is 0.553. The van der Waals surface area contributed by atoms with Crippen LogP contribution in [0.4, 0.5) is 0 Å². The number of rotatable bonds is 2. The Morgan fingerprint density at radius 3 is 2.53 bits per heavy atom. The molecule has 0 unspecified atom stereocenters. The van der Waals surface area contributed by atoms with Crippen molar-refractivity contribution in [1.29, 1.82) is 0 Å². The van der Waals surface area contributed by atoms with Crippen molar-refractivity contribution in [2.75, 3.05) is 0 Å². The van der Waals surface area contributed by atoms with Crippen molar-refractivity contribution in [3.63, 3.8) is 0 Å². The van der Waals surface area contributed by atoms with E-state index in [4.69, 9.17) is 0 Å². The fourth-order valence-corrected chi connectivity index (χ4v) is 2.32. The van der Waals surface area contributed by atoms with E-state index < -0.39 is 0 Å². The van der Waals surface area contributed by atoms with E-state index in [-0.39, 0.29) is 0 Å². The summed E-state index contributed by atoms with van der Waals surface area (Å²) < 4.78 is 0. The van der Waals surface area contributed by atoms with E-state index in [0.717, 1.165) is 0 Å². The Kier molecular flexibility index (Phi) is 3.96. The molecule has 0 aromatic carbocycles. The van der Waals surface area contributed by atoms with E-state index in [1.807, 2.05) is 0 Å². The van der Waals surface area contributed by atoms with Gasteiger partial charge in [0.25, 0.3) is 0 Å². The van der Waals surface area contributed by atoms with Crippen LogP contribution >= 0.6 is 0 Å². The van der Waals surface area contributed by atoms with E-state index in [1.165, 1.54) is 24.8 Å². The number of hydrogen-bond donors (Lipinski definition) is 0. The molecule has 84 valence electrons. The zero-order chi connectivity index (χ0) is 11.5. The predicted molar refractivity (Wildman–Crippen MR) is 68.9 cm³/mol. The highest BCUT2D eigenvalue weighted by Crippen LogP contribution is 2.40. The van der Waals surface area contributed by atoms with Gasteiger partial charge < -0.3 is 0 Å². The van der Waals surface area contributed by atoms with Crippen molar-refractivity contribution in [3.8, 4) is 0 Å². The van der Waals surface area contributed by atoms with Gasteiger partial charge in [-0.05, 0) is 51.0 Å². The van der Waals surface area contributed by atoms with Crippen LogP contribution in [0.3, 0.4) is 0 Å². The summed E-state index contributed by atoms with van der Waals surface area (Å²) in [4.78, 5) is 0. The van der Waals surface area contributed by atoms with Crippen LogP contribution in [0.5, 0.6) is 0 Å². The lowest BCUT2D eigenvalue weighted by molar-refractivity contribution is 0.377. The summed E-state index contributed by atoms with van der Waals surface area (Å²) in [5.41, 5.74) is 4.84. The molecule has 1 rings (SSSR count). The van der Waals surface area contributed by atoms with Gasteiger partial charge in [-0.15, -0.1) is 0 Å². The molecule has 0 radical (unpaired) electrons. The van der Waals surface area contributed by atoms with Gasteiger partial charge in [0.2, 0.25) is 0 Å². The molecule has 1 aliphatic rings. The average molecular weight is 204 g/mol. The summed E-state index contributed by atoms with van der Waals surface area (Å²) in [5, 5.41) is 0. The highest BCUT2D eigenvalue weighted by molar-refractivity contribution is 5.35. The van der Waals surface area contributed by atoms with Crippen LogP contribution in [0.15, 0.2) is 34.9 Å². The monoisotopic (exact) mass is 204 g/mol. The summed E-state index contributed by atoms with van der Waals surface area (Å²) in [6, 6.07) is 0. The Bertz CT molecular complexity index is 311. The first-order valence-electron chi connectivity index (χ1n) is 5.98. The third-order valence-corrected chi connectivity index (χ3v) is 3.51. The van der Waals surface area contributed by atoms with Gasteiger partial charge >= 0.3 is 0 Å². The first kappa shape index (κ1) is 12.3. The summed E-state index contributed by atoms with van der Waals surface area (Å²) in [5.74, 6) is 0. The second kappa shape index (κ2) is 4.83. The van der Waals surface area contributed by atoms with E-state index in [2.05, 4.69) is 52.8 Å². The van der Waals surface area contributed by atoms with Gasteiger partial charge in [0.05, 0.1) is 0 Å². The lowest BCUT2D eigenvalue weighted by Crippen LogP contribution is -2.19. The normalized spacial score (nSPS) is 22.6. The van der Waals surface area contributed by atoms with Gasteiger partial charge in [0.15, 0.2) is 0 Å². The molecular weight excluding hydrogens is 180 g/mol. The molecule has 0 nitrogen and oxygen atoms in total. The van der Waals surface area contributed by atoms with Crippen LogP contribution in [0, 0.1) is 5.41 Å². The molecule has 0 heterocycles. The lowest BCUT2D eigenvalue weighted by Gasteiger charge is -2.32. The molecule has 0 fully saturated rings. The van der Waals surface area contributed by atoms with Crippen molar-refractivity contribution in [1.82, 2.24) is 0 Å². The Morgan fingerprint density at radius 2 is 2.00 bits per heavy atom. The Hall–Kier alpha value is -0.780. The van der Waals surface area contributed by atoms with Crippen LogP contribution < -0.4 is 0 Å². The zero-order valence-corrected chi connectivity index (χ0v) is 10.9. The van der Waals surface area contributed by atoms with Gasteiger partial charge in [-0.1, -0.05) is 43.2 Å². The summed E-state index contributed by atoms with van der Waals surface area (Å²) in [7, 11) is 0. The highest BCUT2D eigenvalue weighted by Gasteiger charge is 2.26. The Labute approximate surface area is 94.8 Å². The van der Waals surface area contributed by atoms with Crippen molar-refractivity contribution in [2.45, 2.75) is 53.9 Å². The first-order chi connectivity index (χ1) is 6.97. The Morgan fingerprint density at radius 1 is 1.33 bits per heavy atom. The second-order valence-corrected chi connectivity index (χ2v) is 5.30. The topological polar surface area (TPSA) is 0 Å². The minimum absolute atomic E-state index is 0.368. The minimum atomic E-state index is 0.368. The molecule has 0 aromatic heterocycles. The molecule has 0 amide bonds. The molecule has 1 aliphatic carbocycles. The number of allylic oxidation sites excluding steroid dienone is 6. The fraction of sp³-hybridized carbons (Fsp3) is 0.600. The molecule has 0 bridgehead atoms. The highest BCUT2D eigenvalue weighted by atomic mass is 14.3. The first-order valence-corrected chi connectivity index (χ1v) is 5.98. The van der Waals surface area contributed by atoms with Gasteiger partial charge in [-0.2, -0.15) is 0 Å². The second-order valence-electron chi connectivity index (χ2n) is 5.30.